The Morgan fingerprint density at radius 2 is 2.44 bits per heavy atom. The van der Waals surface area contributed by atoms with Gasteiger partial charge in [0.1, 0.15) is 0 Å². The van der Waals surface area contributed by atoms with E-state index in [9.17, 15) is 4.79 Å². The molecule has 1 saturated heterocycles. The Balaban J connectivity index is 2.15. The van der Waals surface area contributed by atoms with E-state index in [1.165, 1.54) is 26.3 Å². The first-order valence-corrected chi connectivity index (χ1v) is 6.16. The monoisotopic (exact) mass is 252 g/mol. The molecular weight excluding hydrogens is 232 g/mol. The predicted molar refractivity (Wildman–Crippen MR) is 70.3 cm³/mol. The smallest absolute Gasteiger partial charge is 0.295 e. The van der Waals surface area contributed by atoms with Crippen LogP contribution < -0.4 is 15.2 Å². The molecule has 1 aliphatic heterocycles. The highest BCUT2D eigenvalue weighted by Crippen LogP contribution is 2.22. The molecule has 0 aliphatic carbocycles. The standard InChI is InChI=1S/C12H20N4O2/c1-15-6-4-5-9(15)7-16(2)11-10(18-3)12(17)14-8-13-11/h8-9H,4-7H2,1-3H3,(H,13,14,17). The van der Waals surface area contributed by atoms with Crippen LogP contribution in [0.5, 0.6) is 5.75 Å². The van der Waals surface area contributed by atoms with Gasteiger partial charge >= 0.3 is 0 Å². The van der Waals surface area contributed by atoms with Gasteiger partial charge in [0.05, 0.1) is 13.4 Å². The zero-order valence-corrected chi connectivity index (χ0v) is 11.1. The van der Waals surface area contributed by atoms with Crippen LogP contribution in [0.15, 0.2) is 11.1 Å². The van der Waals surface area contributed by atoms with E-state index in [0.717, 1.165) is 13.1 Å². The minimum atomic E-state index is -0.242. The zero-order valence-electron chi connectivity index (χ0n) is 11.1. The van der Waals surface area contributed by atoms with Crippen molar-refractivity contribution < 1.29 is 4.74 Å². The summed E-state index contributed by atoms with van der Waals surface area (Å²) in [6.07, 6.45) is 3.83. The maximum atomic E-state index is 11.6. The number of rotatable bonds is 4. The van der Waals surface area contributed by atoms with Gasteiger partial charge in [-0.2, -0.15) is 0 Å². The van der Waals surface area contributed by atoms with Gasteiger partial charge in [-0.1, -0.05) is 0 Å². The number of aromatic amines is 1. The fourth-order valence-electron chi connectivity index (χ4n) is 2.45. The fourth-order valence-corrected chi connectivity index (χ4v) is 2.45. The summed E-state index contributed by atoms with van der Waals surface area (Å²) >= 11 is 0. The van der Waals surface area contributed by atoms with Gasteiger partial charge < -0.3 is 19.5 Å². The number of ether oxygens (including phenoxy) is 1. The van der Waals surface area contributed by atoms with Crippen LogP contribution in [-0.2, 0) is 0 Å². The van der Waals surface area contributed by atoms with Gasteiger partial charge in [0, 0.05) is 19.6 Å². The van der Waals surface area contributed by atoms with Gasteiger partial charge in [0.25, 0.3) is 5.56 Å². The van der Waals surface area contributed by atoms with Crippen molar-refractivity contribution in [3.8, 4) is 5.75 Å². The topological polar surface area (TPSA) is 61.5 Å². The molecule has 2 heterocycles. The van der Waals surface area contributed by atoms with Crippen molar-refractivity contribution in [3.05, 3.63) is 16.7 Å². The van der Waals surface area contributed by atoms with E-state index in [4.69, 9.17) is 4.74 Å². The maximum Gasteiger partial charge on any atom is 0.295 e. The van der Waals surface area contributed by atoms with Crippen molar-refractivity contribution in [1.29, 1.82) is 0 Å². The first kappa shape index (κ1) is 12.9. The number of hydrogen-bond acceptors (Lipinski definition) is 5. The normalized spacial score (nSPS) is 20.1. The quantitative estimate of drug-likeness (QED) is 0.835. The third kappa shape index (κ3) is 2.48. The SMILES string of the molecule is COc1c(N(C)CC2CCCN2C)nc[nH]c1=O. The lowest BCUT2D eigenvalue weighted by molar-refractivity contribution is 0.313. The van der Waals surface area contributed by atoms with E-state index in [1.54, 1.807) is 0 Å². The summed E-state index contributed by atoms with van der Waals surface area (Å²) in [6.45, 7) is 1.99. The van der Waals surface area contributed by atoms with Crippen LogP contribution in [0.3, 0.4) is 0 Å². The second-order valence-electron chi connectivity index (χ2n) is 4.75. The molecule has 6 heteroatoms. The molecule has 0 amide bonds. The second-order valence-corrected chi connectivity index (χ2v) is 4.75. The van der Waals surface area contributed by atoms with Crippen LogP contribution in [0.25, 0.3) is 0 Å². The molecule has 1 N–H and O–H groups in total. The Morgan fingerprint density at radius 3 is 3.06 bits per heavy atom. The van der Waals surface area contributed by atoms with Crippen LogP contribution in [0, 0.1) is 0 Å². The highest BCUT2D eigenvalue weighted by atomic mass is 16.5. The third-order valence-corrected chi connectivity index (χ3v) is 3.51. The Hall–Kier alpha value is -1.56. The number of hydrogen-bond donors (Lipinski definition) is 1. The van der Waals surface area contributed by atoms with Crippen LogP contribution in [-0.4, -0.2) is 55.2 Å². The second kappa shape index (κ2) is 5.39. The maximum absolute atomic E-state index is 11.6. The molecule has 6 nitrogen and oxygen atoms in total. The van der Waals surface area contributed by atoms with E-state index in [-0.39, 0.29) is 11.3 Å². The van der Waals surface area contributed by atoms with Crippen LogP contribution >= 0.6 is 0 Å². The number of methoxy groups -OCH3 is 1. The molecule has 1 fully saturated rings. The van der Waals surface area contributed by atoms with E-state index >= 15 is 0 Å². The van der Waals surface area contributed by atoms with Gasteiger partial charge in [-0.3, -0.25) is 4.79 Å². The molecule has 0 bridgehead atoms. The first-order valence-electron chi connectivity index (χ1n) is 6.16. The van der Waals surface area contributed by atoms with Crippen molar-refractivity contribution in [3.63, 3.8) is 0 Å². The summed E-state index contributed by atoms with van der Waals surface area (Å²) in [5.74, 6) is 0.877. The van der Waals surface area contributed by atoms with Crippen molar-refractivity contribution in [2.75, 3.05) is 39.2 Å². The molecule has 1 aromatic heterocycles. The molecule has 0 spiro atoms. The van der Waals surface area contributed by atoms with E-state index in [1.807, 2.05) is 11.9 Å². The van der Waals surface area contributed by atoms with E-state index in [2.05, 4.69) is 21.9 Å². The summed E-state index contributed by atoms with van der Waals surface area (Å²) in [5.41, 5.74) is -0.242. The largest absolute Gasteiger partial charge is 0.489 e. The van der Waals surface area contributed by atoms with Gasteiger partial charge in [-0.25, -0.2) is 4.98 Å². The predicted octanol–water partition coefficient (Wildman–Crippen LogP) is 0.309. The number of likely N-dealkylation sites (tertiary alicyclic amines) is 1. The Bertz CT molecular complexity index is 460. The zero-order chi connectivity index (χ0) is 13.1. The summed E-state index contributed by atoms with van der Waals surface area (Å²) in [5, 5.41) is 0. The molecule has 1 aromatic rings. The number of nitrogens with one attached hydrogen (secondary N) is 1. The van der Waals surface area contributed by atoms with Crippen molar-refractivity contribution in [2.24, 2.45) is 0 Å². The molecule has 0 radical (unpaired) electrons. The van der Waals surface area contributed by atoms with Crippen molar-refractivity contribution >= 4 is 5.82 Å². The number of aromatic nitrogens is 2. The first-order chi connectivity index (χ1) is 8.63. The Morgan fingerprint density at radius 1 is 1.67 bits per heavy atom. The fraction of sp³-hybridized carbons (Fsp3) is 0.667. The lowest BCUT2D eigenvalue weighted by Crippen LogP contribution is -2.37. The lowest BCUT2D eigenvalue weighted by Gasteiger charge is -2.27. The Labute approximate surface area is 107 Å². The van der Waals surface area contributed by atoms with E-state index in [0.29, 0.717) is 11.9 Å². The van der Waals surface area contributed by atoms with Crippen LogP contribution in [0.2, 0.25) is 0 Å². The number of anilines is 1. The van der Waals surface area contributed by atoms with Gasteiger partial charge in [0.2, 0.25) is 5.75 Å². The summed E-state index contributed by atoms with van der Waals surface area (Å²) in [6, 6.07) is 0.515. The van der Waals surface area contributed by atoms with E-state index < -0.39 is 0 Å². The molecule has 1 unspecified atom stereocenters. The van der Waals surface area contributed by atoms with Crippen LogP contribution in [0.1, 0.15) is 12.8 Å². The molecular formula is C12H20N4O2. The van der Waals surface area contributed by atoms with Crippen LogP contribution in [0.4, 0.5) is 5.82 Å². The molecule has 1 atom stereocenters. The lowest BCUT2D eigenvalue weighted by atomic mass is 10.2. The highest BCUT2D eigenvalue weighted by Gasteiger charge is 2.24. The van der Waals surface area contributed by atoms with Crippen molar-refractivity contribution in [1.82, 2.24) is 14.9 Å². The summed E-state index contributed by atoms with van der Waals surface area (Å²) < 4.78 is 5.13. The number of nitrogens with zero attached hydrogens (tertiary/aromatic N) is 3. The third-order valence-electron chi connectivity index (χ3n) is 3.51. The minimum absolute atomic E-state index is 0.242. The molecule has 0 aromatic carbocycles. The van der Waals surface area contributed by atoms with Crippen molar-refractivity contribution in [2.45, 2.75) is 18.9 Å². The van der Waals surface area contributed by atoms with Gasteiger partial charge in [0.15, 0.2) is 5.82 Å². The molecule has 100 valence electrons. The summed E-state index contributed by atoms with van der Waals surface area (Å²) in [7, 11) is 5.57. The molecule has 1 aliphatic rings. The minimum Gasteiger partial charge on any atom is -0.489 e. The number of H-pyrrole nitrogens is 1. The molecule has 18 heavy (non-hydrogen) atoms. The summed E-state index contributed by atoms with van der Waals surface area (Å²) in [4.78, 5) is 22.7. The number of likely N-dealkylation sites (N-methyl/N-ethyl adjacent to an activating group) is 2. The average molecular weight is 252 g/mol. The Kier molecular flexibility index (Phi) is 3.86. The molecule has 0 saturated carbocycles. The van der Waals surface area contributed by atoms with Gasteiger partial charge in [-0.05, 0) is 26.4 Å². The van der Waals surface area contributed by atoms with Gasteiger partial charge in [-0.15, -0.1) is 0 Å². The average Bonchev–Trinajstić information content (AvgIpc) is 2.74. The molecule has 2 rings (SSSR count). The highest BCUT2D eigenvalue weighted by molar-refractivity contribution is 5.50.